The molecule has 0 aliphatic heterocycles. The van der Waals surface area contributed by atoms with Crippen molar-refractivity contribution in [1.82, 2.24) is 0 Å². The Labute approximate surface area is 108 Å². The molecule has 6 nitrogen and oxygen atoms in total. The lowest BCUT2D eigenvalue weighted by molar-refractivity contribution is -0.139. The van der Waals surface area contributed by atoms with Crippen LogP contribution in [0.25, 0.3) is 0 Å². The first-order valence-electron chi connectivity index (χ1n) is 6.04. The summed E-state index contributed by atoms with van der Waals surface area (Å²) in [6, 6.07) is -1.38. The van der Waals surface area contributed by atoms with Gasteiger partial charge in [0.1, 0.15) is 12.1 Å². The summed E-state index contributed by atoms with van der Waals surface area (Å²) in [6.45, 7) is 7.79. The summed E-state index contributed by atoms with van der Waals surface area (Å²) in [7, 11) is 0. The van der Waals surface area contributed by atoms with Crippen LogP contribution in [0.2, 0.25) is 0 Å². The molecule has 0 fully saturated rings. The molecule has 0 aromatic carbocycles. The van der Waals surface area contributed by atoms with Gasteiger partial charge in [-0.1, -0.05) is 27.7 Å². The minimum atomic E-state index is -0.913. The molecule has 0 bridgehead atoms. The first-order chi connectivity index (χ1) is 8.07. The number of carboxylic acids is 2. The van der Waals surface area contributed by atoms with Crippen LogP contribution in [-0.2, 0) is 9.59 Å². The van der Waals surface area contributed by atoms with Crippen molar-refractivity contribution in [3.63, 3.8) is 0 Å². The molecule has 18 heavy (non-hydrogen) atoms. The number of hydrogen-bond acceptors (Lipinski definition) is 4. The van der Waals surface area contributed by atoms with Crippen molar-refractivity contribution in [3.05, 3.63) is 0 Å². The number of nitrogens with two attached hydrogens (primary N) is 2. The van der Waals surface area contributed by atoms with E-state index < -0.39 is 24.0 Å². The van der Waals surface area contributed by atoms with Crippen LogP contribution in [0.4, 0.5) is 0 Å². The molecule has 0 aromatic heterocycles. The predicted molar refractivity (Wildman–Crippen MR) is 70.1 cm³/mol. The first-order valence-corrected chi connectivity index (χ1v) is 6.04. The number of carboxylic acid groups (broad SMARTS) is 2. The first kappa shape index (κ1) is 19.2. The van der Waals surface area contributed by atoms with Gasteiger partial charge in [-0.05, 0) is 24.7 Å². The van der Waals surface area contributed by atoms with Crippen molar-refractivity contribution in [2.24, 2.45) is 23.3 Å². The van der Waals surface area contributed by atoms with Crippen LogP contribution in [0.5, 0.6) is 0 Å². The van der Waals surface area contributed by atoms with Gasteiger partial charge in [-0.25, -0.2) is 0 Å². The topological polar surface area (TPSA) is 127 Å². The van der Waals surface area contributed by atoms with E-state index in [9.17, 15) is 9.59 Å². The second kappa shape index (κ2) is 9.85. The number of aliphatic carboxylic acids is 2. The van der Waals surface area contributed by atoms with E-state index in [4.69, 9.17) is 21.7 Å². The Balaban J connectivity index is 0. The summed E-state index contributed by atoms with van der Waals surface area (Å²) in [4.78, 5) is 20.2. The average Bonchev–Trinajstić information content (AvgIpc) is 2.16. The molecule has 2 unspecified atom stereocenters. The molecular formula is C12H26N2O4. The zero-order valence-corrected chi connectivity index (χ0v) is 11.6. The third-order valence-electron chi connectivity index (χ3n) is 2.09. The molecule has 6 N–H and O–H groups in total. The molecule has 0 rings (SSSR count). The molecule has 108 valence electrons. The molecule has 0 aliphatic rings. The van der Waals surface area contributed by atoms with Gasteiger partial charge in [0.05, 0.1) is 0 Å². The quantitative estimate of drug-likeness (QED) is 0.563. The van der Waals surface area contributed by atoms with E-state index in [1.165, 1.54) is 0 Å². The van der Waals surface area contributed by atoms with Crippen LogP contribution in [0.15, 0.2) is 0 Å². The van der Waals surface area contributed by atoms with Gasteiger partial charge in [0, 0.05) is 0 Å². The molecule has 0 saturated heterocycles. The Morgan fingerprint density at radius 1 is 0.833 bits per heavy atom. The van der Waals surface area contributed by atoms with E-state index in [1.807, 2.05) is 27.7 Å². The average molecular weight is 262 g/mol. The highest BCUT2D eigenvalue weighted by atomic mass is 16.4. The number of carbonyl (C=O) groups is 2. The SMILES string of the molecule is CC(C)CC(N)C(=O)O.CC(C)CC(N)C(=O)O. The summed E-state index contributed by atoms with van der Waals surface area (Å²) in [5.74, 6) is -1.11. The van der Waals surface area contributed by atoms with Crippen molar-refractivity contribution in [2.75, 3.05) is 0 Å². The van der Waals surface area contributed by atoms with E-state index in [-0.39, 0.29) is 0 Å². The maximum Gasteiger partial charge on any atom is 0.320 e. The fourth-order valence-electron chi connectivity index (χ4n) is 1.22. The molecular weight excluding hydrogens is 236 g/mol. The Kier molecular flexibility index (Phi) is 10.5. The van der Waals surface area contributed by atoms with Gasteiger partial charge >= 0.3 is 11.9 Å². The maximum absolute atomic E-state index is 10.1. The molecule has 0 aromatic rings. The Hall–Kier alpha value is -1.14. The zero-order chi connectivity index (χ0) is 14.9. The van der Waals surface area contributed by atoms with Crippen molar-refractivity contribution in [2.45, 2.75) is 52.6 Å². The summed E-state index contributed by atoms with van der Waals surface area (Å²) in [5.41, 5.74) is 10.4. The standard InChI is InChI=1S/2C6H13NO2/c2*1-4(2)3-5(7)6(8)9/h2*4-5H,3,7H2,1-2H3,(H,8,9). The van der Waals surface area contributed by atoms with E-state index in [1.54, 1.807) is 0 Å². The van der Waals surface area contributed by atoms with E-state index >= 15 is 0 Å². The van der Waals surface area contributed by atoms with Crippen LogP contribution in [-0.4, -0.2) is 34.2 Å². The van der Waals surface area contributed by atoms with Gasteiger partial charge in [-0.3, -0.25) is 9.59 Å². The van der Waals surface area contributed by atoms with Crippen molar-refractivity contribution in [3.8, 4) is 0 Å². The monoisotopic (exact) mass is 262 g/mol. The van der Waals surface area contributed by atoms with Gasteiger partial charge < -0.3 is 21.7 Å². The van der Waals surface area contributed by atoms with E-state index in [2.05, 4.69) is 0 Å². The van der Waals surface area contributed by atoms with Crippen molar-refractivity contribution in [1.29, 1.82) is 0 Å². The highest BCUT2D eigenvalue weighted by Gasteiger charge is 2.12. The fourth-order valence-corrected chi connectivity index (χ4v) is 1.22. The molecule has 6 heteroatoms. The minimum Gasteiger partial charge on any atom is -0.480 e. The highest BCUT2D eigenvalue weighted by Crippen LogP contribution is 2.02. The van der Waals surface area contributed by atoms with Crippen LogP contribution in [0, 0.1) is 11.8 Å². The predicted octanol–water partition coefficient (Wildman–Crippen LogP) is 0.889. The third-order valence-corrected chi connectivity index (χ3v) is 2.09. The smallest absolute Gasteiger partial charge is 0.320 e. The van der Waals surface area contributed by atoms with Crippen molar-refractivity contribution >= 4 is 11.9 Å². The second-order valence-corrected chi connectivity index (χ2v) is 5.15. The van der Waals surface area contributed by atoms with E-state index in [0.717, 1.165) is 0 Å². The number of rotatable bonds is 6. The Morgan fingerprint density at radius 2 is 1.06 bits per heavy atom. The summed E-state index contributed by atoms with van der Waals surface area (Å²) < 4.78 is 0. The maximum atomic E-state index is 10.1. The van der Waals surface area contributed by atoms with Crippen LogP contribution < -0.4 is 11.5 Å². The summed E-state index contributed by atoms with van der Waals surface area (Å²) in [5, 5.41) is 16.6. The second-order valence-electron chi connectivity index (χ2n) is 5.15. The lowest BCUT2D eigenvalue weighted by Crippen LogP contribution is -2.31. The van der Waals surface area contributed by atoms with Crippen LogP contribution in [0.3, 0.4) is 0 Å². The molecule has 0 saturated carbocycles. The largest absolute Gasteiger partial charge is 0.480 e. The van der Waals surface area contributed by atoms with Gasteiger partial charge in [-0.15, -0.1) is 0 Å². The lowest BCUT2D eigenvalue weighted by Gasteiger charge is -2.07. The zero-order valence-electron chi connectivity index (χ0n) is 11.6. The molecule has 0 radical (unpaired) electrons. The molecule has 0 heterocycles. The third kappa shape index (κ3) is 12.9. The lowest BCUT2D eigenvalue weighted by atomic mass is 10.1. The van der Waals surface area contributed by atoms with Crippen molar-refractivity contribution < 1.29 is 19.8 Å². The van der Waals surface area contributed by atoms with Gasteiger partial charge in [0.15, 0.2) is 0 Å². The summed E-state index contributed by atoms with van der Waals surface area (Å²) >= 11 is 0. The normalized spacial score (nSPS) is 13.8. The van der Waals surface area contributed by atoms with Crippen LogP contribution in [0.1, 0.15) is 40.5 Å². The number of hydrogen-bond donors (Lipinski definition) is 4. The Morgan fingerprint density at radius 3 is 1.11 bits per heavy atom. The minimum absolute atomic E-state index is 0.357. The fraction of sp³-hybridized carbons (Fsp3) is 0.833. The van der Waals surface area contributed by atoms with Gasteiger partial charge in [0.25, 0.3) is 0 Å². The van der Waals surface area contributed by atoms with E-state index in [0.29, 0.717) is 24.7 Å². The molecule has 0 aliphatic carbocycles. The van der Waals surface area contributed by atoms with Gasteiger partial charge in [-0.2, -0.15) is 0 Å². The Bertz CT molecular complexity index is 228. The van der Waals surface area contributed by atoms with Gasteiger partial charge in [0.2, 0.25) is 0 Å². The molecule has 2 atom stereocenters. The molecule has 0 amide bonds. The summed E-state index contributed by atoms with van der Waals surface area (Å²) in [6.07, 6.45) is 1.10. The molecule has 0 spiro atoms. The van der Waals surface area contributed by atoms with Crippen LogP contribution >= 0.6 is 0 Å². The highest BCUT2D eigenvalue weighted by molar-refractivity contribution is 5.73.